The summed E-state index contributed by atoms with van der Waals surface area (Å²) >= 11 is 11.8. The number of hydrogen-bond donors (Lipinski definition) is 1. The molecule has 0 spiro atoms. The molecule has 0 aliphatic carbocycles. The van der Waals surface area contributed by atoms with E-state index in [2.05, 4.69) is 4.98 Å². The van der Waals surface area contributed by atoms with Crippen molar-refractivity contribution in [1.82, 2.24) is 4.98 Å². The zero-order valence-electron chi connectivity index (χ0n) is 10.8. The smallest absolute Gasteiger partial charge is 0.169 e. The molecule has 2 nitrogen and oxygen atoms in total. The van der Waals surface area contributed by atoms with Gasteiger partial charge in [-0.2, -0.15) is 0 Å². The maximum Gasteiger partial charge on any atom is 0.169 e. The number of halogens is 3. The summed E-state index contributed by atoms with van der Waals surface area (Å²) in [5, 5.41) is 1.44. The standard InChI is InChI=1S/C16H10Cl2FNO/c17-13-3-1-9(5-14(13)18)6-16(21)12-8-20-15-4-2-10(19)7-11(12)15/h1-5,7-8,20H,6H2. The maximum absolute atomic E-state index is 13.3. The lowest BCUT2D eigenvalue weighted by Gasteiger charge is -2.03. The Kier molecular flexibility index (Phi) is 3.70. The molecule has 0 saturated heterocycles. The Morgan fingerprint density at radius 2 is 1.90 bits per heavy atom. The number of H-pyrrole nitrogens is 1. The minimum Gasteiger partial charge on any atom is -0.360 e. The van der Waals surface area contributed by atoms with Crippen molar-refractivity contribution in [2.45, 2.75) is 6.42 Å². The summed E-state index contributed by atoms with van der Waals surface area (Å²) in [7, 11) is 0. The second kappa shape index (κ2) is 5.51. The third-order valence-corrected chi connectivity index (χ3v) is 4.03. The molecule has 106 valence electrons. The lowest BCUT2D eigenvalue weighted by molar-refractivity contribution is 0.0994. The molecule has 3 aromatic rings. The molecule has 1 aromatic heterocycles. The van der Waals surface area contributed by atoms with Crippen LogP contribution in [-0.2, 0) is 6.42 Å². The fourth-order valence-corrected chi connectivity index (χ4v) is 2.57. The molecular formula is C16H10Cl2FNO. The van der Waals surface area contributed by atoms with Crippen LogP contribution in [0.25, 0.3) is 10.9 Å². The molecule has 0 aliphatic heterocycles. The van der Waals surface area contributed by atoms with Gasteiger partial charge in [0.1, 0.15) is 5.82 Å². The van der Waals surface area contributed by atoms with Crippen LogP contribution in [0.5, 0.6) is 0 Å². The van der Waals surface area contributed by atoms with E-state index in [1.807, 2.05) is 0 Å². The maximum atomic E-state index is 13.3. The number of rotatable bonds is 3. The average Bonchev–Trinajstić information content (AvgIpc) is 2.86. The molecule has 0 bridgehead atoms. The molecule has 2 aromatic carbocycles. The zero-order valence-corrected chi connectivity index (χ0v) is 12.3. The third kappa shape index (κ3) is 2.80. The zero-order chi connectivity index (χ0) is 15.0. The number of hydrogen-bond acceptors (Lipinski definition) is 1. The van der Waals surface area contributed by atoms with Gasteiger partial charge >= 0.3 is 0 Å². The second-order valence-corrected chi connectivity index (χ2v) is 5.56. The second-order valence-electron chi connectivity index (χ2n) is 4.74. The Hall–Kier alpha value is -1.84. The van der Waals surface area contributed by atoms with Crippen molar-refractivity contribution in [1.29, 1.82) is 0 Å². The minimum absolute atomic E-state index is 0.106. The molecule has 0 saturated carbocycles. The predicted octanol–water partition coefficient (Wildman–Crippen LogP) is 5.04. The summed E-state index contributed by atoms with van der Waals surface area (Å²) in [5.41, 5.74) is 1.96. The molecular weight excluding hydrogens is 312 g/mol. The first-order chi connectivity index (χ1) is 10.0. The van der Waals surface area contributed by atoms with E-state index in [0.29, 0.717) is 21.0 Å². The van der Waals surface area contributed by atoms with Crippen LogP contribution in [0, 0.1) is 5.82 Å². The molecule has 0 fully saturated rings. The molecule has 0 atom stereocenters. The van der Waals surface area contributed by atoms with Gasteiger partial charge in [-0.3, -0.25) is 4.79 Å². The highest BCUT2D eigenvalue weighted by molar-refractivity contribution is 6.42. The van der Waals surface area contributed by atoms with E-state index in [0.717, 1.165) is 11.1 Å². The summed E-state index contributed by atoms with van der Waals surface area (Å²) < 4.78 is 13.3. The third-order valence-electron chi connectivity index (χ3n) is 3.29. The Bertz CT molecular complexity index is 841. The predicted molar refractivity (Wildman–Crippen MR) is 82.8 cm³/mol. The van der Waals surface area contributed by atoms with Crippen LogP contribution >= 0.6 is 23.2 Å². The van der Waals surface area contributed by atoms with E-state index < -0.39 is 0 Å². The minimum atomic E-state index is -0.370. The Morgan fingerprint density at radius 3 is 2.67 bits per heavy atom. The Balaban J connectivity index is 1.93. The lowest BCUT2D eigenvalue weighted by atomic mass is 10.0. The van der Waals surface area contributed by atoms with Gasteiger partial charge in [-0.05, 0) is 35.9 Å². The topological polar surface area (TPSA) is 32.9 Å². The first-order valence-corrected chi connectivity index (χ1v) is 7.04. The van der Waals surface area contributed by atoms with E-state index in [9.17, 15) is 9.18 Å². The van der Waals surface area contributed by atoms with Gasteiger partial charge in [0, 0.05) is 29.1 Å². The quantitative estimate of drug-likeness (QED) is 0.673. The number of aromatic nitrogens is 1. The van der Waals surface area contributed by atoms with E-state index in [1.165, 1.54) is 12.1 Å². The van der Waals surface area contributed by atoms with Crippen LogP contribution in [0.15, 0.2) is 42.6 Å². The monoisotopic (exact) mass is 321 g/mol. The van der Waals surface area contributed by atoms with Crippen molar-refractivity contribution in [2.24, 2.45) is 0 Å². The molecule has 3 rings (SSSR count). The molecule has 21 heavy (non-hydrogen) atoms. The summed E-state index contributed by atoms with van der Waals surface area (Å²) in [6.07, 6.45) is 1.78. The van der Waals surface area contributed by atoms with Crippen molar-refractivity contribution >= 4 is 39.9 Å². The van der Waals surface area contributed by atoms with Gasteiger partial charge in [0.15, 0.2) is 5.78 Å². The number of aromatic amines is 1. The van der Waals surface area contributed by atoms with E-state index >= 15 is 0 Å². The summed E-state index contributed by atoms with van der Waals surface area (Å²) in [6, 6.07) is 9.39. The number of nitrogens with one attached hydrogen (secondary N) is 1. The van der Waals surface area contributed by atoms with Crippen LogP contribution in [-0.4, -0.2) is 10.8 Å². The molecule has 0 aliphatic rings. The average molecular weight is 322 g/mol. The molecule has 0 amide bonds. The normalized spacial score (nSPS) is 11.0. The highest BCUT2D eigenvalue weighted by Crippen LogP contribution is 2.25. The fraction of sp³-hybridized carbons (Fsp3) is 0.0625. The van der Waals surface area contributed by atoms with Crippen LogP contribution in [0.4, 0.5) is 4.39 Å². The highest BCUT2D eigenvalue weighted by Gasteiger charge is 2.14. The van der Waals surface area contributed by atoms with E-state index in [1.54, 1.807) is 30.5 Å². The lowest BCUT2D eigenvalue weighted by Crippen LogP contribution is -2.02. The van der Waals surface area contributed by atoms with Crippen molar-refractivity contribution < 1.29 is 9.18 Å². The van der Waals surface area contributed by atoms with Crippen LogP contribution in [0.3, 0.4) is 0 Å². The van der Waals surface area contributed by atoms with Gasteiger partial charge in [-0.15, -0.1) is 0 Å². The summed E-state index contributed by atoms with van der Waals surface area (Å²) in [4.78, 5) is 15.3. The Labute approximate surface area is 130 Å². The van der Waals surface area contributed by atoms with Crippen LogP contribution < -0.4 is 0 Å². The number of ketones is 1. The first-order valence-electron chi connectivity index (χ1n) is 6.28. The molecule has 1 N–H and O–H groups in total. The van der Waals surface area contributed by atoms with Gasteiger partial charge in [0.25, 0.3) is 0 Å². The van der Waals surface area contributed by atoms with Gasteiger partial charge in [0.05, 0.1) is 10.0 Å². The molecule has 0 unspecified atom stereocenters. The van der Waals surface area contributed by atoms with Gasteiger partial charge < -0.3 is 4.98 Å². The largest absolute Gasteiger partial charge is 0.360 e. The van der Waals surface area contributed by atoms with Crippen LogP contribution in [0.1, 0.15) is 15.9 Å². The number of fused-ring (bicyclic) bond motifs is 1. The summed E-state index contributed by atoms with van der Waals surface area (Å²) in [5.74, 6) is -0.476. The van der Waals surface area contributed by atoms with Crippen molar-refractivity contribution in [2.75, 3.05) is 0 Å². The molecule has 5 heteroatoms. The van der Waals surface area contributed by atoms with Gasteiger partial charge in [-0.1, -0.05) is 29.3 Å². The van der Waals surface area contributed by atoms with Crippen molar-refractivity contribution in [3.8, 4) is 0 Å². The van der Waals surface area contributed by atoms with Crippen molar-refractivity contribution in [3.63, 3.8) is 0 Å². The van der Waals surface area contributed by atoms with E-state index in [4.69, 9.17) is 23.2 Å². The Morgan fingerprint density at radius 1 is 1.10 bits per heavy atom. The number of benzene rings is 2. The molecule has 1 heterocycles. The molecule has 0 radical (unpaired) electrons. The van der Waals surface area contributed by atoms with Crippen LogP contribution in [0.2, 0.25) is 10.0 Å². The SMILES string of the molecule is O=C(Cc1ccc(Cl)c(Cl)c1)c1c[nH]c2ccc(F)cc12. The van der Waals surface area contributed by atoms with Crippen molar-refractivity contribution in [3.05, 3.63) is 69.6 Å². The number of carbonyl (C=O) groups is 1. The van der Waals surface area contributed by atoms with E-state index in [-0.39, 0.29) is 18.0 Å². The highest BCUT2D eigenvalue weighted by atomic mass is 35.5. The number of carbonyl (C=O) groups excluding carboxylic acids is 1. The summed E-state index contributed by atoms with van der Waals surface area (Å²) in [6.45, 7) is 0. The number of Topliss-reactive ketones (excluding diaryl/α,β-unsaturated/α-hetero) is 1. The first kappa shape index (κ1) is 14.1. The van der Waals surface area contributed by atoms with Gasteiger partial charge in [0.2, 0.25) is 0 Å². The fourth-order valence-electron chi connectivity index (χ4n) is 2.25. The van der Waals surface area contributed by atoms with Gasteiger partial charge in [-0.25, -0.2) is 4.39 Å².